The van der Waals surface area contributed by atoms with Crippen LogP contribution >= 0.6 is 15.9 Å². The van der Waals surface area contributed by atoms with E-state index in [2.05, 4.69) is 28.0 Å². The van der Waals surface area contributed by atoms with Crippen molar-refractivity contribution < 1.29 is 0 Å². The number of aryl methyl sites for hydroxylation is 2. The molecule has 1 rings (SSSR count). The maximum atomic E-state index is 4.23. The number of nitrogens with zero attached hydrogens (tertiary/aromatic N) is 2. The van der Waals surface area contributed by atoms with Crippen LogP contribution in [0.3, 0.4) is 0 Å². The first-order valence-corrected chi connectivity index (χ1v) is 4.23. The molecule has 0 atom stereocenters. The van der Waals surface area contributed by atoms with Gasteiger partial charge in [0.2, 0.25) is 0 Å². The standard InChI is InChI=1S/C7H11BrN2/c1-3-4-10-5-6(2)7(8)9-10/h5H,3-4H2,1-2H3. The molecule has 56 valence electrons. The molecule has 2 nitrogen and oxygen atoms in total. The fourth-order valence-corrected chi connectivity index (χ4v) is 1.15. The Kier molecular flexibility index (Phi) is 2.49. The smallest absolute Gasteiger partial charge is 0.131 e. The zero-order chi connectivity index (χ0) is 7.56. The summed E-state index contributed by atoms with van der Waals surface area (Å²) in [6.45, 7) is 5.20. The van der Waals surface area contributed by atoms with Crippen LogP contribution in [0, 0.1) is 6.92 Å². The first kappa shape index (κ1) is 7.79. The Labute approximate surface area is 69.4 Å². The van der Waals surface area contributed by atoms with E-state index in [-0.39, 0.29) is 0 Å². The SMILES string of the molecule is CCCn1cc(C)c(Br)n1. The second-order valence-electron chi connectivity index (χ2n) is 2.37. The summed E-state index contributed by atoms with van der Waals surface area (Å²) in [4.78, 5) is 0. The van der Waals surface area contributed by atoms with Crippen molar-refractivity contribution in [1.29, 1.82) is 0 Å². The van der Waals surface area contributed by atoms with Crippen LogP contribution in [0.2, 0.25) is 0 Å². The fraction of sp³-hybridized carbons (Fsp3) is 0.571. The molecule has 0 unspecified atom stereocenters. The summed E-state index contributed by atoms with van der Waals surface area (Å²) in [7, 11) is 0. The summed E-state index contributed by atoms with van der Waals surface area (Å²) >= 11 is 3.35. The van der Waals surface area contributed by atoms with E-state index in [0.29, 0.717) is 0 Å². The molecule has 0 aliphatic carbocycles. The zero-order valence-corrected chi connectivity index (χ0v) is 7.85. The van der Waals surface area contributed by atoms with Gasteiger partial charge in [-0.3, -0.25) is 4.68 Å². The van der Waals surface area contributed by atoms with E-state index in [1.807, 2.05) is 17.8 Å². The second-order valence-corrected chi connectivity index (χ2v) is 3.12. The molecule has 0 aliphatic rings. The fourth-order valence-electron chi connectivity index (χ4n) is 0.841. The molecule has 1 heterocycles. The maximum Gasteiger partial charge on any atom is 0.131 e. The van der Waals surface area contributed by atoms with E-state index in [9.17, 15) is 0 Å². The minimum Gasteiger partial charge on any atom is -0.271 e. The molecular weight excluding hydrogens is 192 g/mol. The van der Waals surface area contributed by atoms with Gasteiger partial charge in [0.1, 0.15) is 4.60 Å². The van der Waals surface area contributed by atoms with Gasteiger partial charge >= 0.3 is 0 Å². The highest BCUT2D eigenvalue weighted by Gasteiger charge is 1.98. The van der Waals surface area contributed by atoms with E-state index in [1.54, 1.807) is 0 Å². The first-order valence-electron chi connectivity index (χ1n) is 3.43. The highest BCUT2D eigenvalue weighted by Crippen LogP contribution is 2.11. The third kappa shape index (κ3) is 1.59. The Hall–Kier alpha value is -0.310. The van der Waals surface area contributed by atoms with Crippen molar-refractivity contribution in [3.05, 3.63) is 16.4 Å². The van der Waals surface area contributed by atoms with Gasteiger partial charge in [-0.05, 0) is 29.3 Å². The van der Waals surface area contributed by atoms with Crippen molar-refractivity contribution in [3.8, 4) is 0 Å². The van der Waals surface area contributed by atoms with Crippen molar-refractivity contribution in [1.82, 2.24) is 9.78 Å². The van der Waals surface area contributed by atoms with Crippen molar-refractivity contribution in [2.45, 2.75) is 26.8 Å². The zero-order valence-electron chi connectivity index (χ0n) is 6.26. The molecule has 10 heavy (non-hydrogen) atoms. The number of rotatable bonds is 2. The Morgan fingerprint density at radius 2 is 2.40 bits per heavy atom. The molecule has 0 amide bonds. The van der Waals surface area contributed by atoms with E-state index < -0.39 is 0 Å². The summed E-state index contributed by atoms with van der Waals surface area (Å²) in [5.74, 6) is 0. The van der Waals surface area contributed by atoms with Crippen LogP contribution < -0.4 is 0 Å². The minimum absolute atomic E-state index is 0.959. The molecule has 0 N–H and O–H groups in total. The predicted molar refractivity (Wildman–Crippen MR) is 45.0 cm³/mol. The Balaban J connectivity index is 2.77. The van der Waals surface area contributed by atoms with Gasteiger partial charge < -0.3 is 0 Å². The lowest BCUT2D eigenvalue weighted by Gasteiger charge is -1.93. The maximum absolute atomic E-state index is 4.23. The number of hydrogen-bond acceptors (Lipinski definition) is 1. The Morgan fingerprint density at radius 1 is 1.70 bits per heavy atom. The molecule has 1 aromatic rings. The normalized spacial score (nSPS) is 10.3. The molecule has 0 fully saturated rings. The lowest BCUT2D eigenvalue weighted by atomic mass is 10.4. The molecule has 0 bridgehead atoms. The molecule has 1 aromatic heterocycles. The van der Waals surface area contributed by atoms with Gasteiger partial charge in [0.25, 0.3) is 0 Å². The van der Waals surface area contributed by atoms with Crippen LogP contribution in [-0.4, -0.2) is 9.78 Å². The third-order valence-electron chi connectivity index (χ3n) is 1.34. The van der Waals surface area contributed by atoms with Crippen LogP contribution in [-0.2, 0) is 6.54 Å². The number of halogens is 1. The Bertz CT molecular complexity index is 198. The third-order valence-corrected chi connectivity index (χ3v) is 2.12. The average Bonchev–Trinajstić information content (AvgIpc) is 2.14. The summed E-state index contributed by atoms with van der Waals surface area (Å²) in [6.07, 6.45) is 3.18. The highest BCUT2D eigenvalue weighted by atomic mass is 79.9. The summed E-state index contributed by atoms with van der Waals surface area (Å²) < 4.78 is 2.92. The molecular formula is C7H11BrN2. The van der Waals surface area contributed by atoms with Crippen molar-refractivity contribution in [3.63, 3.8) is 0 Å². The molecule has 0 radical (unpaired) electrons. The van der Waals surface area contributed by atoms with Crippen LogP contribution in [0.1, 0.15) is 18.9 Å². The van der Waals surface area contributed by atoms with Gasteiger partial charge in [0.15, 0.2) is 0 Å². The molecule has 3 heteroatoms. The Morgan fingerprint density at radius 3 is 2.80 bits per heavy atom. The molecule has 0 aromatic carbocycles. The van der Waals surface area contributed by atoms with E-state index in [4.69, 9.17) is 0 Å². The first-order chi connectivity index (χ1) is 4.74. The second kappa shape index (κ2) is 3.19. The van der Waals surface area contributed by atoms with Gasteiger partial charge in [-0.15, -0.1) is 0 Å². The van der Waals surface area contributed by atoms with Gasteiger partial charge in [-0.2, -0.15) is 5.10 Å². The molecule has 0 saturated carbocycles. The average molecular weight is 203 g/mol. The predicted octanol–water partition coefficient (Wildman–Crippen LogP) is 2.36. The quantitative estimate of drug-likeness (QED) is 0.721. The molecule has 0 saturated heterocycles. The summed E-state index contributed by atoms with van der Waals surface area (Å²) in [5.41, 5.74) is 1.20. The topological polar surface area (TPSA) is 17.8 Å². The number of hydrogen-bond donors (Lipinski definition) is 0. The summed E-state index contributed by atoms with van der Waals surface area (Å²) in [5, 5.41) is 4.23. The van der Waals surface area contributed by atoms with Crippen LogP contribution in [0.25, 0.3) is 0 Å². The monoisotopic (exact) mass is 202 g/mol. The number of aromatic nitrogens is 2. The lowest BCUT2D eigenvalue weighted by molar-refractivity contribution is 0.599. The van der Waals surface area contributed by atoms with Gasteiger partial charge in [0.05, 0.1) is 0 Å². The summed E-state index contributed by atoms with van der Waals surface area (Å²) in [6, 6.07) is 0. The highest BCUT2D eigenvalue weighted by molar-refractivity contribution is 9.10. The van der Waals surface area contributed by atoms with E-state index in [0.717, 1.165) is 17.6 Å². The van der Waals surface area contributed by atoms with Gasteiger partial charge in [-0.25, -0.2) is 0 Å². The van der Waals surface area contributed by atoms with Crippen LogP contribution in [0.15, 0.2) is 10.8 Å². The van der Waals surface area contributed by atoms with Crippen molar-refractivity contribution in [2.75, 3.05) is 0 Å². The molecule has 0 spiro atoms. The largest absolute Gasteiger partial charge is 0.271 e. The van der Waals surface area contributed by atoms with E-state index in [1.165, 1.54) is 5.56 Å². The van der Waals surface area contributed by atoms with Gasteiger partial charge in [-0.1, -0.05) is 6.92 Å². The van der Waals surface area contributed by atoms with Gasteiger partial charge in [0, 0.05) is 18.3 Å². The van der Waals surface area contributed by atoms with Crippen molar-refractivity contribution in [2.24, 2.45) is 0 Å². The van der Waals surface area contributed by atoms with Crippen molar-refractivity contribution >= 4 is 15.9 Å². The lowest BCUT2D eigenvalue weighted by Crippen LogP contribution is -1.95. The van der Waals surface area contributed by atoms with Crippen LogP contribution in [0.4, 0.5) is 0 Å². The molecule has 0 aliphatic heterocycles. The van der Waals surface area contributed by atoms with Crippen LogP contribution in [0.5, 0.6) is 0 Å². The minimum atomic E-state index is 0.959. The van der Waals surface area contributed by atoms with E-state index >= 15 is 0 Å².